The van der Waals surface area contributed by atoms with Gasteiger partial charge >= 0.3 is 51.4 Å². The van der Waals surface area contributed by atoms with Gasteiger partial charge in [-0.1, -0.05) is 54.1 Å². The van der Waals surface area contributed by atoms with Gasteiger partial charge in [-0.2, -0.15) is 0 Å². The molecule has 1 unspecified atom stereocenters. The van der Waals surface area contributed by atoms with E-state index in [-0.39, 0.29) is 68.2 Å². The van der Waals surface area contributed by atoms with E-state index >= 15 is 0 Å². The third-order valence-electron chi connectivity index (χ3n) is 4.50. The van der Waals surface area contributed by atoms with Gasteiger partial charge in [0.25, 0.3) is 5.91 Å². The molecule has 0 bridgehead atoms. The number of rotatable bonds is 5. The number of aromatic nitrogens is 2. The molecule has 0 aliphatic heterocycles. The second-order valence-electron chi connectivity index (χ2n) is 6.47. The molecular formula is C22H16ClKN3O3P. The summed E-state index contributed by atoms with van der Waals surface area (Å²) in [7, 11) is -4.12. The van der Waals surface area contributed by atoms with Gasteiger partial charge in [0.05, 0.1) is 10.6 Å². The van der Waals surface area contributed by atoms with Crippen molar-refractivity contribution < 1.29 is 65.6 Å². The van der Waals surface area contributed by atoms with Crippen molar-refractivity contribution in [2.24, 2.45) is 0 Å². The Morgan fingerprint density at radius 3 is 2.29 bits per heavy atom. The molecule has 0 saturated carbocycles. The maximum atomic E-state index is 13.0. The van der Waals surface area contributed by atoms with Crippen LogP contribution in [0, 0.1) is 0 Å². The fraction of sp³-hybridized carbons (Fsp3) is 0. The summed E-state index contributed by atoms with van der Waals surface area (Å²) in [5, 5.41) is 3.34. The third kappa shape index (κ3) is 5.27. The van der Waals surface area contributed by atoms with Crippen LogP contribution in [-0.4, -0.2) is 15.5 Å². The molecule has 1 heterocycles. The molecule has 4 rings (SSSR count). The largest absolute Gasteiger partial charge is 1.00 e. The Balaban J connectivity index is 0.00000272. The summed E-state index contributed by atoms with van der Waals surface area (Å²) in [5.41, 5.74) is 1.47. The summed E-state index contributed by atoms with van der Waals surface area (Å²) in [6.45, 7) is 0. The van der Waals surface area contributed by atoms with E-state index in [0.717, 1.165) is 0 Å². The SMILES string of the molecule is O=C(Nc1ccc(-n2ccnc2P(=O)([O-])c2ccccc2)cc1)c1ccccc1Cl.[K+]. The first kappa shape index (κ1) is 24.1. The van der Waals surface area contributed by atoms with E-state index in [1.54, 1.807) is 85.1 Å². The van der Waals surface area contributed by atoms with Crippen LogP contribution in [0.5, 0.6) is 0 Å². The molecule has 6 nitrogen and oxygen atoms in total. The van der Waals surface area contributed by atoms with Crippen molar-refractivity contribution in [1.82, 2.24) is 9.55 Å². The Kier molecular flexibility index (Phi) is 8.07. The van der Waals surface area contributed by atoms with Crippen LogP contribution in [0.15, 0.2) is 91.3 Å². The molecule has 4 aromatic rings. The molecule has 1 N–H and O–H groups in total. The van der Waals surface area contributed by atoms with Crippen LogP contribution >= 0.6 is 19.0 Å². The van der Waals surface area contributed by atoms with Gasteiger partial charge in [-0.3, -0.25) is 9.36 Å². The Labute approximate surface area is 227 Å². The van der Waals surface area contributed by atoms with Gasteiger partial charge in [0, 0.05) is 29.1 Å². The zero-order valence-corrected chi connectivity index (χ0v) is 21.4. The van der Waals surface area contributed by atoms with Crippen molar-refractivity contribution >= 4 is 41.4 Å². The first-order chi connectivity index (χ1) is 14.5. The average Bonchev–Trinajstić information content (AvgIpc) is 3.26. The first-order valence-corrected chi connectivity index (χ1v) is 11.0. The van der Waals surface area contributed by atoms with E-state index in [0.29, 0.717) is 22.0 Å². The molecule has 1 amide bonds. The van der Waals surface area contributed by atoms with Crippen LogP contribution < -0.4 is 72.5 Å². The van der Waals surface area contributed by atoms with E-state index in [1.807, 2.05) is 0 Å². The van der Waals surface area contributed by atoms with Crippen molar-refractivity contribution in [3.8, 4) is 5.69 Å². The molecule has 0 radical (unpaired) electrons. The number of hydrogen-bond donors (Lipinski definition) is 1. The molecule has 1 atom stereocenters. The molecule has 3 aromatic carbocycles. The minimum atomic E-state index is -4.12. The van der Waals surface area contributed by atoms with E-state index in [1.165, 1.54) is 10.8 Å². The van der Waals surface area contributed by atoms with Crippen molar-refractivity contribution in [2.45, 2.75) is 0 Å². The molecule has 1 aromatic heterocycles. The number of benzene rings is 3. The van der Waals surface area contributed by atoms with Gasteiger partial charge in [0.1, 0.15) is 7.37 Å². The molecule has 0 aliphatic rings. The second kappa shape index (κ2) is 10.4. The smallest absolute Gasteiger partial charge is 0.790 e. The van der Waals surface area contributed by atoms with E-state index < -0.39 is 7.37 Å². The topological polar surface area (TPSA) is 87.0 Å². The minimum absolute atomic E-state index is 0. The number of imidazole rings is 1. The molecule has 150 valence electrons. The first-order valence-electron chi connectivity index (χ1n) is 9.04. The normalized spacial score (nSPS) is 12.5. The number of carbonyl (C=O) groups excluding carboxylic acids is 1. The average molecular weight is 476 g/mol. The van der Waals surface area contributed by atoms with Crippen molar-refractivity contribution in [1.29, 1.82) is 0 Å². The third-order valence-corrected chi connectivity index (χ3v) is 6.67. The van der Waals surface area contributed by atoms with Crippen LogP contribution in [0.3, 0.4) is 0 Å². The van der Waals surface area contributed by atoms with Crippen LogP contribution in [0.4, 0.5) is 5.69 Å². The minimum Gasteiger partial charge on any atom is -0.790 e. The summed E-state index contributed by atoms with van der Waals surface area (Å²) in [6, 6.07) is 21.7. The molecule has 0 saturated heterocycles. The zero-order valence-electron chi connectivity index (χ0n) is 16.6. The van der Waals surface area contributed by atoms with Crippen molar-refractivity contribution in [2.75, 3.05) is 5.32 Å². The van der Waals surface area contributed by atoms with Gasteiger partial charge in [0.2, 0.25) is 0 Å². The maximum Gasteiger partial charge on any atom is 1.00 e. The summed E-state index contributed by atoms with van der Waals surface area (Å²) in [5.74, 6) is -0.329. The number of nitrogens with zero attached hydrogens (tertiary/aromatic N) is 2. The standard InChI is InChI=1S/C22H17ClN3O3P.K/c23-20-9-5-4-8-19(20)21(27)25-16-10-12-17(13-11-16)26-15-14-24-22(26)30(28,29)18-6-2-1-3-7-18;/h1-15H,(H,25,27)(H,28,29);/q;+1/p-1. The monoisotopic (exact) mass is 475 g/mol. The van der Waals surface area contributed by atoms with E-state index in [2.05, 4.69) is 10.3 Å². The molecule has 31 heavy (non-hydrogen) atoms. The van der Waals surface area contributed by atoms with Crippen LogP contribution in [-0.2, 0) is 4.57 Å². The summed E-state index contributed by atoms with van der Waals surface area (Å²) in [4.78, 5) is 29.4. The summed E-state index contributed by atoms with van der Waals surface area (Å²) < 4.78 is 14.5. The Hall–Kier alpha value is -1.54. The molecule has 0 spiro atoms. The summed E-state index contributed by atoms with van der Waals surface area (Å²) >= 11 is 6.06. The van der Waals surface area contributed by atoms with Crippen LogP contribution in [0.25, 0.3) is 5.69 Å². The van der Waals surface area contributed by atoms with Gasteiger partial charge < -0.3 is 14.8 Å². The number of anilines is 1. The molecule has 0 aliphatic carbocycles. The van der Waals surface area contributed by atoms with Gasteiger partial charge in [-0.15, -0.1) is 0 Å². The number of carbonyl (C=O) groups is 1. The number of amides is 1. The van der Waals surface area contributed by atoms with Crippen LogP contribution in [0.1, 0.15) is 10.4 Å². The van der Waals surface area contributed by atoms with Gasteiger partial charge in [0.15, 0.2) is 5.57 Å². The van der Waals surface area contributed by atoms with Crippen molar-refractivity contribution in [3.63, 3.8) is 0 Å². The van der Waals surface area contributed by atoms with E-state index in [9.17, 15) is 14.3 Å². The fourth-order valence-electron chi connectivity index (χ4n) is 3.00. The second-order valence-corrected chi connectivity index (χ2v) is 8.89. The molecule has 0 fully saturated rings. The number of hydrogen-bond acceptors (Lipinski definition) is 4. The van der Waals surface area contributed by atoms with Crippen LogP contribution in [0.2, 0.25) is 5.02 Å². The van der Waals surface area contributed by atoms with E-state index in [4.69, 9.17) is 11.6 Å². The Bertz CT molecular complexity index is 1250. The Morgan fingerprint density at radius 2 is 1.61 bits per heavy atom. The number of halogens is 1. The van der Waals surface area contributed by atoms with Gasteiger partial charge in [-0.05, 0) is 36.4 Å². The van der Waals surface area contributed by atoms with Crippen molar-refractivity contribution in [3.05, 3.63) is 102 Å². The molecular weight excluding hydrogens is 460 g/mol. The Morgan fingerprint density at radius 1 is 0.968 bits per heavy atom. The summed E-state index contributed by atoms with van der Waals surface area (Å²) in [6.07, 6.45) is 3.02. The zero-order chi connectivity index (χ0) is 21.1. The predicted octanol–water partition coefficient (Wildman–Crippen LogP) is 0.371. The number of nitrogens with one attached hydrogen (secondary N) is 1. The maximum absolute atomic E-state index is 13.0. The van der Waals surface area contributed by atoms with Gasteiger partial charge in [-0.25, -0.2) is 4.98 Å². The fourth-order valence-corrected chi connectivity index (χ4v) is 4.71. The molecule has 9 heteroatoms. The predicted molar refractivity (Wildman–Crippen MR) is 116 cm³/mol. The quantitative estimate of drug-likeness (QED) is 0.334.